The Bertz CT molecular complexity index is 607. The molecule has 108 valence electrons. The van der Waals surface area contributed by atoms with E-state index in [-0.39, 0.29) is 6.61 Å². The molecule has 0 saturated heterocycles. The second-order valence-electron chi connectivity index (χ2n) is 4.91. The molecule has 1 heterocycles. The number of hydrogen-bond donors (Lipinski definition) is 2. The molecule has 0 aliphatic heterocycles. The zero-order valence-electron chi connectivity index (χ0n) is 12.1. The lowest BCUT2D eigenvalue weighted by molar-refractivity contribution is 0.268. The van der Waals surface area contributed by atoms with Crippen LogP contribution in [0.4, 0.5) is 5.69 Å². The lowest BCUT2D eigenvalue weighted by Gasteiger charge is -2.09. The maximum atomic E-state index is 9.03. The molecular formula is C15H20BrN3O. The van der Waals surface area contributed by atoms with Crippen LogP contribution in [0.5, 0.6) is 0 Å². The zero-order chi connectivity index (χ0) is 14.7. The van der Waals surface area contributed by atoms with Crippen molar-refractivity contribution in [2.75, 3.05) is 11.9 Å². The molecule has 2 N–H and O–H groups in total. The lowest BCUT2D eigenvalue weighted by atomic mass is 10.2. The van der Waals surface area contributed by atoms with Crippen LogP contribution in [0.25, 0.3) is 0 Å². The van der Waals surface area contributed by atoms with Gasteiger partial charge >= 0.3 is 0 Å². The van der Waals surface area contributed by atoms with Gasteiger partial charge in [-0.05, 0) is 38.5 Å². The highest BCUT2D eigenvalue weighted by molar-refractivity contribution is 9.10. The molecule has 0 radical (unpaired) electrons. The SMILES string of the molecule is Cc1ccc(NCc2c(C)nn(CCO)c2C)cc1Br. The van der Waals surface area contributed by atoms with Gasteiger partial charge < -0.3 is 10.4 Å². The van der Waals surface area contributed by atoms with Gasteiger partial charge in [0, 0.05) is 28.0 Å². The smallest absolute Gasteiger partial charge is 0.0646 e. The number of aromatic nitrogens is 2. The maximum Gasteiger partial charge on any atom is 0.0646 e. The molecule has 0 aliphatic rings. The van der Waals surface area contributed by atoms with Gasteiger partial charge in [-0.15, -0.1) is 0 Å². The van der Waals surface area contributed by atoms with Gasteiger partial charge in [0.1, 0.15) is 0 Å². The summed E-state index contributed by atoms with van der Waals surface area (Å²) in [6.45, 7) is 7.50. The van der Waals surface area contributed by atoms with E-state index in [2.05, 4.69) is 51.5 Å². The van der Waals surface area contributed by atoms with Crippen LogP contribution in [0, 0.1) is 20.8 Å². The molecule has 1 aromatic carbocycles. The maximum absolute atomic E-state index is 9.03. The first kappa shape index (κ1) is 15.1. The van der Waals surface area contributed by atoms with E-state index >= 15 is 0 Å². The van der Waals surface area contributed by atoms with Gasteiger partial charge in [0.05, 0.1) is 18.8 Å². The molecule has 0 aliphatic carbocycles. The lowest BCUT2D eigenvalue weighted by Crippen LogP contribution is -2.07. The first-order valence-electron chi connectivity index (χ1n) is 6.66. The molecule has 2 rings (SSSR count). The first-order chi connectivity index (χ1) is 9.52. The van der Waals surface area contributed by atoms with E-state index in [0.717, 1.165) is 28.1 Å². The summed E-state index contributed by atoms with van der Waals surface area (Å²) in [6.07, 6.45) is 0. The number of aliphatic hydroxyl groups excluding tert-OH is 1. The van der Waals surface area contributed by atoms with Crippen molar-refractivity contribution in [1.29, 1.82) is 0 Å². The molecule has 0 unspecified atom stereocenters. The van der Waals surface area contributed by atoms with Crippen molar-refractivity contribution in [3.63, 3.8) is 0 Å². The summed E-state index contributed by atoms with van der Waals surface area (Å²) in [7, 11) is 0. The summed E-state index contributed by atoms with van der Waals surface area (Å²) in [5.41, 5.74) is 5.61. The summed E-state index contributed by atoms with van der Waals surface area (Å²) >= 11 is 3.54. The molecule has 4 nitrogen and oxygen atoms in total. The van der Waals surface area contributed by atoms with Crippen LogP contribution >= 0.6 is 15.9 Å². The second kappa shape index (κ2) is 6.41. The van der Waals surface area contributed by atoms with Gasteiger partial charge in [0.25, 0.3) is 0 Å². The van der Waals surface area contributed by atoms with Crippen molar-refractivity contribution in [1.82, 2.24) is 9.78 Å². The summed E-state index contributed by atoms with van der Waals surface area (Å²) in [6, 6.07) is 6.24. The molecule has 0 fully saturated rings. The van der Waals surface area contributed by atoms with E-state index in [1.54, 1.807) is 0 Å². The van der Waals surface area contributed by atoms with Crippen LogP contribution in [0.15, 0.2) is 22.7 Å². The third kappa shape index (κ3) is 3.22. The Hall–Kier alpha value is -1.33. The number of hydrogen-bond acceptors (Lipinski definition) is 3. The predicted molar refractivity (Wildman–Crippen MR) is 85.0 cm³/mol. The minimum absolute atomic E-state index is 0.111. The highest BCUT2D eigenvalue weighted by Gasteiger charge is 2.10. The number of benzene rings is 1. The fourth-order valence-electron chi connectivity index (χ4n) is 2.20. The third-order valence-corrected chi connectivity index (χ3v) is 4.34. The first-order valence-corrected chi connectivity index (χ1v) is 7.46. The van der Waals surface area contributed by atoms with Crippen molar-refractivity contribution in [3.05, 3.63) is 45.2 Å². The fourth-order valence-corrected chi connectivity index (χ4v) is 2.57. The van der Waals surface area contributed by atoms with Crippen molar-refractivity contribution < 1.29 is 5.11 Å². The van der Waals surface area contributed by atoms with Crippen LogP contribution in [-0.4, -0.2) is 21.5 Å². The standard InChI is InChI=1S/C15H20BrN3O/c1-10-4-5-13(8-15(10)16)17-9-14-11(2)18-19(6-7-20)12(14)3/h4-5,8,17,20H,6-7,9H2,1-3H3. The van der Waals surface area contributed by atoms with Gasteiger partial charge in [-0.25, -0.2) is 0 Å². The topological polar surface area (TPSA) is 50.1 Å². The Morgan fingerprint density at radius 2 is 2.05 bits per heavy atom. The molecule has 5 heteroatoms. The predicted octanol–water partition coefficient (Wildman–Crippen LogP) is 3.18. The summed E-state index contributed by atoms with van der Waals surface area (Å²) in [5.74, 6) is 0. The molecule has 20 heavy (non-hydrogen) atoms. The van der Waals surface area contributed by atoms with Crippen LogP contribution in [-0.2, 0) is 13.1 Å². The fraction of sp³-hybridized carbons (Fsp3) is 0.400. The number of nitrogens with zero attached hydrogens (tertiary/aromatic N) is 2. The second-order valence-corrected chi connectivity index (χ2v) is 5.77. The Labute approximate surface area is 127 Å². The summed E-state index contributed by atoms with van der Waals surface area (Å²) in [4.78, 5) is 0. The van der Waals surface area contributed by atoms with Crippen LogP contribution in [0.2, 0.25) is 0 Å². The Morgan fingerprint density at radius 1 is 1.30 bits per heavy atom. The van der Waals surface area contributed by atoms with E-state index in [0.29, 0.717) is 6.54 Å². The number of aliphatic hydroxyl groups is 1. The van der Waals surface area contributed by atoms with E-state index < -0.39 is 0 Å². The van der Waals surface area contributed by atoms with E-state index in [1.807, 2.05) is 18.5 Å². The summed E-state index contributed by atoms with van der Waals surface area (Å²) < 4.78 is 2.96. The highest BCUT2D eigenvalue weighted by Crippen LogP contribution is 2.22. The van der Waals surface area contributed by atoms with Crippen LogP contribution in [0.1, 0.15) is 22.5 Å². The number of halogens is 1. The van der Waals surface area contributed by atoms with Gasteiger partial charge in [-0.2, -0.15) is 5.10 Å². The quantitative estimate of drug-likeness (QED) is 0.880. The number of rotatable bonds is 5. The number of aryl methyl sites for hydroxylation is 2. The van der Waals surface area contributed by atoms with E-state index in [9.17, 15) is 0 Å². The van der Waals surface area contributed by atoms with Crippen LogP contribution in [0.3, 0.4) is 0 Å². The largest absolute Gasteiger partial charge is 0.394 e. The Balaban J connectivity index is 2.12. The van der Waals surface area contributed by atoms with Crippen molar-refractivity contribution in [2.45, 2.75) is 33.9 Å². The molecule has 0 saturated carbocycles. The molecule has 1 aromatic heterocycles. The molecule has 0 spiro atoms. The minimum Gasteiger partial charge on any atom is -0.394 e. The van der Waals surface area contributed by atoms with Gasteiger partial charge in [0.15, 0.2) is 0 Å². The zero-order valence-corrected chi connectivity index (χ0v) is 13.7. The third-order valence-electron chi connectivity index (χ3n) is 3.48. The molecule has 0 amide bonds. The van der Waals surface area contributed by atoms with Crippen molar-refractivity contribution in [3.8, 4) is 0 Å². The van der Waals surface area contributed by atoms with Crippen molar-refractivity contribution in [2.24, 2.45) is 0 Å². The number of anilines is 1. The molecular weight excluding hydrogens is 318 g/mol. The highest BCUT2D eigenvalue weighted by atomic mass is 79.9. The van der Waals surface area contributed by atoms with Crippen LogP contribution < -0.4 is 5.32 Å². The van der Waals surface area contributed by atoms with E-state index in [4.69, 9.17) is 5.11 Å². The van der Waals surface area contributed by atoms with Crippen molar-refractivity contribution >= 4 is 21.6 Å². The molecule has 0 atom stereocenters. The molecule has 0 bridgehead atoms. The monoisotopic (exact) mass is 337 g/mol. The van der Waals surface area contributed by atoms with Gasteiger partial charge in [-0.1, -0.05) is 22.0 Å². The normalized spacial score (nSPS) is 10.8. The van der Waals surface area contributed by atoms with Gasteiger partial charge in [-0.3, -0.25) is 4.68 Å². The molecule has 2 aromatic rings. The van der Waals surface area contributed by atoms with Gasteiger partial charge in [0.2, 0.25) is 0 Å². The Morgan fingerprint density at radius 3 is 2.70 bits per heavy atom. The number of nitrogens with one attached hydrogen (secondary N) is 1. The van der Waals surface area contributed by atoms with E-state index in [1.165, 1.54) is 11.1 Å². The average molecular weight is 338 g/mol. The Kier molecular flexibility index (Phi) is 4.83. The average Bonchev–Trinajstić information content (AvgIpc) is 2.67. The summed E-state index contributed by atoms with van der Waals surface area (Å²) in [5, 5.41) is 16.9. The minimum atomic E-state index is 0.111.